The van der Waals surface area contributed by atoms with E-state index in [0.29, 0.717) is 17.6 Å². The molecule has 0 spiro atoms. The molecule has 7 heteroatoms. The Balaban J connectivity index is 2.27. The van der Waals surface area contributed by atoms with Crippen LogP contribution < -0.4 is 15.8 Å². The van der Waals surface area contributed by atoms with Crippen LogP contribution in [-0.2, 0) is 10.0 Å². The van der Waals surface area contributed by atoms with Gasteiger partial charge in [0, 0.05) is 19.1 Å². The molecule has 2 atom stereocenters. The lowest BCUT2D eigenvalue weighted by Gasteiger charge is -2.23. The Labute approximate surface area is 120 Å². The van der Waals surface area contributed by atoms with Crippen molar-refractivity contribution in [3.8, 4) is 0 Å². The number of benzene rings is 1. The number of nitrogens with two attached hydrogens (primary N) is 2. The minimum Gasteiger partial charge on any atom is -0.397 e. The highest BCUT2D eigenvalue weighted by Crippen LogP contribution is 2.31. The van der Waals surface area contributed by atoms with Gasteiger partial charge >= 0.3 is 0 Å². The van der Waals surface area contributed by atoms with E-state index >= 15 is 0 Å². The zero-order chi connectivity index (χ0) is 15.1. The highest BCUT2D eigenvalue weighted by molar-refractivity contribution is 7.89. The molecule has 112 valence electrons. The van der Waals surface area contributed by atoms with Crippen LogP contribution in [0.25, 0.3) is 0 Å². The van der Waals surface area contributed by atoms with Crippen molar-refractivity contribution >= 4 is 21.4 Å². The third-order valence-electron chi connectivity index (χ3n) is 3.90. The molecule has 1 heterocycles. The SMILES string of the molecule is CC1CN(c2ccc(S(N)(=O)=O)cc2N)CC1N(C)C. The second-order valence-electron chi connectivity index (χ2n) is 5.68. The molecule has 0 radical (unpaired) electrons. The Morgan fingerprint density at radius 1 is 1.30 bits per heavy atom. The van der Waals surface area contributed by atoms with E-state index in [1.165, 1.54) is 12.1 Å². The highest BCUT2D eigenvalue weighted by atomic mass is 32.2. The highest BCUT2D eigenvalue weighted by Gasteiger charge is 2.31. The van der Waals surface area contributed by atoms with Crippen molar-refractivity contribution in [3.05, 3.63) is 18.2 Å². The molecule has 1 aliphatic heterocycles. The molecule has 20 heavy (non-hydrogen) atoms. The van der Waals surface area contributed by atoms with Gasteiger partial charge in [0.1, 0.15) is 0 Å². The number of anilines is 2. The Morgan fingerprint density at radius 3 is 2.40 bits per heavy atom. The number of sulfonamides is 1. The number of hydrogen-bond acceptors (Lipinski definition) is 5. The van der Waals surface area contributed by atoms with Gasteiger partial charge in [-0.3, -0.25) is 0 Å². The van der Waals surface area contributed by atoms with E-state index < -0.39 is 10.0 Å². The van der Waals surface area contributed by atoms with Gasteiger partial charge in [-0.05, 0) is 38.2 Å². The van der Waals surface area contributed by atoms with Crippen molar-refractivity contribution in [3.63, 3.8) is 0 Å². The molecule has 0 aliphatic carbocycles. The fourth-order valence-electron chi connectivity index (χ4n) is 2.82. The van der Waals surface area contributed by atoms with Crippen molar-refractivity contribution in [2.24, 2.45) is 11.1 Å². The van der Waals surface area contributed by atoms with Gasteiger partial charge < -0.3 is 15.5 Å². The van der Waals surface area contributed by atoms with Gasteiger partial charge in [-0.25, -0.2) is 13.6 Å². The first-order valence-corrected chi connectivity index (χ1v) is 8.08. The molecule has 4 N–H and O–H groups in total. The van der Waals surface area contributed by atoms with Crippen LogP contribution >= 0.6 is 0 Å². The molecule has 1 saturated heterocycles. The second kappa shape index (κ2) is 5.23. The third-order valence-corrected chi connectivity index (χ3v) is 4.82. The standard InChI is InChI=1S/C13H22N4O2S/c1-9-7-17(8-13(9)16(2)3)12-5-4-10(6-11(12)14)20(15,18)19/h4-6,9,13H,7-8,14H2,1-3H3,(H2,15,18,19). The van der Waals surface area contributed by atoms with Gasteiger partial charge in [0.25, 0.3) is 0 Å². The smallest absolute Gasteiger partial charge is 0.238 e. The molecule has 0 aromatic heterocycles. The molecule has 0 amide bonds. The van der Waals surface area contributed by atoms with Gasteiger partial charge in [0.2, 0.25) is 10.0 Å². The first-order chi connectivity index (χ1) is 9.20. The Morgan fingerprint density at radius 2 is 1.95 bits per heavy atom. The summed E-state index contributed by atoms with van der Waals surface area (Å²) in [5.41, 5.74) is 7.31. The van der Waals surface area contributed by atoms with E-state index in [2.05, 4.69) is 30.8 Å². The lowest BCUT2D eigenvalue weighted by atomic mass is 10.1. The normalized spacial score (nSPS) is 23.6. The minimum absolute atomic E-state index is 0.0511. The van der Waals surface area contributed by atoms with Gasteiger partial charge in [0.15, 0.2) is 0 Å². The molecule has 2 unspecified atom stereocenters. The Hall–Kier alpha value is -1.31. The van der Waals surface area contributed by atoms with Crippen molar-refractivity contribution in [1.82, 2.24) is 4.90 Å². The van der Waals surface area contributed by atoms with Crippen LogP contribution in [0.4, 0.5) is 11.4 Å². The first kappa shape index (κ1) is 15.1. The predicted molar refractivity (Wildman–Crippen MR) is 81.1 cm³/mol. The van der Waals surface area contributed by atoms with E-state index in [0.717, 1.165) is 18.8 Å². The van der Waals surface area contributed by atoms with E-state index in [1.807, 2.05) is 0 Å². The second-order valence-corrected chi connectivity index (χ2v) is 7.24. The number of rotatable bonds is 3. The fraction of sp³-hybridized carbons (Fsp3) is 0.538. The van der Waals surface area contributed by atoms with Gasteiger partial charge in [-0.1, -0.05) is 6.92 Å². The van der Waals surface area contributed by atoms with E-state index in [4.69, 9.17) is 10.9 Å². The summed E-state index contributed by atoms with van der Waals surface area (Å²) in [6, 6.07) is 5.14. The number of nitrogen functional groups attached to an aromatic ring is 1. The maximum atomic E-state index is 11.3. The maximum absolute atomic E-state index is 11.3. The number of hydrogen-bond donors (Lipinski definition) is 2. The average Bonchev–Trinajstić information content (AvgIpc) is 2.69. The summed E-state index contributed by atoms with van der Waals surface area (Å²) in [5.74, 6) is 0.530. The number of likely N-dealkylation sites (N-methyl/N-ethyl adjacent to an activating group) is 1. The summed E-state index contributed by atoms with van der Waals surface area (Å²) in [4.78, 5) is 4.45. The Kier molecular flexibility index (Phi) is 3.95. The monoisotopic (exact) mass is 298 g/mol. The zero-order valence-electron chi connectivity index (χ0n) is 12.1. The van der Waals surface area contributed by atoms with Crippen LogP contribution in [0.2, 0.25) is 0 Å². The fourth-order valence-corrected chi connectivity index (χ4v) is 3.37. The molecule has 1 aromatic carbocycles. The molecule has 0 saturated carbocycles. The van der Waals surface area contributed by atoms with Crippen LogP contribution in [0, 0.1) is 5.92 Å². The van der Waals surface area contributed by atoms with Crippen molar-refractivity contribution in [2.45, 2.75) is 17.9 Å². The maximum Gasteiger partial charge on any atom is 0.238 e. The van der Waals surface area contributed by atoms with Crippen LogP contribution in [0.5, 0.6) is 0 Å². The molecule has 0 bridgehead atoms. The molecule has 1 aromatic rings. The van der Waals surface area contributed by atoms with E-state index in [1.54, 1.807) is 6.07 Å². The van der Waals surface area contributed by atoms with Crippen molar-refractivity contribution in [1.29, 1.82) is 0 Å². The van der Waals surface area contributed by atoms with Gasteiger partial charge in [-0.2, -0.15) is 0 Å². The largest absolute Gasteiger partial charge is 0.397 e. The van der Waals surface area contributed by atoms with Gasteiger partial charge in [0.05, 0.1) is 16.3 Å². The summed E-state index contributed by atoms with van der Waals surface area (Å²) in [5, 5.41) is 5.11. The molecular weight excluding hydrogens is 276 g/mol. The van der Waals surface area contributed by atoms with Crippen LogP contribution in [0.1, 0.15) is 6.92 Å². The van der Waals surface area contributed by atoms with E-state index in [-0.39, 0.29) is 4.90 Å². The molecule has 6 nitrogen and oxygen atoms in total. The van der Waals surface area contributed by atoms with E-state index in [9.17, 15) is 8.42 Å². The summed E-state index contributed by atoms with van der Waals surface area (Å²) in [6.07, 6.45) is 0. The Bertz CT molecular complexity index is 600. The summed E-state index contributed by atoms with van der Waals surface area (Å²) in [6.45, 7) is 3.99. The first-order valence-electron chi connectivity index (χ1n) is 6.54. The molecule has 2 rings (SSSR count). The quantitative estimate of drug-likeness (QED) is 0.783. The van der Waals surface area contributed by atoms with Crippen molar-refractivity contribution in [2.75, 3.05) is 37.8 Å². The third kappa shape index (κ3) is 2.89. The minimum atomic E-state index is -3.71. The lowest BCUT2D eigenvalue weighted by molar-refractivity contribution is 0.266. The zero-order valence-corrected chi connectivity index (χ0v) is 12.9. The summed E-state index contributed by atoms with van der Waals surface area (Å²) >= 11 is 0. The van der Waals surface area contributed by atoms with Crippen molar-refractivity contribution < 1.29 is 8.42 Å². The topological polar surface area (TPSA) is 92.7 Å². The van der Waals surface area contributed by atoms with Crippen LogP contribution in [-0.4, -0.2) is 46.5 Å². The lowest BCUT2D eigenvalue weighted by Crippen LogP contribution is -2.34. The van der Waals surface area contributed by atoms with Crippen LogP contribution in [0.3, 0.4) is 0 Å². The van der Waals surface area contributed by atoms with Crippen LogP contribution in [0.15, 0.2) is 23.1 Å². The summed E-state index contributed by atoms with van der Waals surface area (Å²) < 4.78 is 22.6. The number of nitrogens with zero attached hydrogens (tertiary/aromatic N) is 2. The number of primary sulfonamides is 1. The molecular formula is C13H22N4O2S. The summed E-state index contributed by atoms with van der Waals surface area (Å²) in [7, 11) is 0.428. The predicted octanol–water partition coefficient (Wildman–Crippen LogP) is 0.303. The van der Waals surface area contributed by atoms with Gasteiger partial charge in [-0.15, -0.1) is 0 Å². The molecule has 1 fully saturated rings. The average molecular weight is 298 g/mol. The molecule has 1 aliphatic rings.